The number of hydrogen-bond acceptors (Lipinski definition) is 8. The number of likely N-dealkylation sites (N-methyl/N-ethyl adjacent to an activating group) is 2. The number of hydrogen-bond donors (Lipinski definition) is 5. The fraction of sp³-hybridized carbons (Fsp3) is 0.737. The molecule has 5 N–H and O–H groups in total. The van der Waals surface area contributed by atoms with Gasteiger partial charge in [0.1, 0.15) is 6.04 Å². The quantitative estimate of drug-likeness (QED) is 0.147. The molecule has 1 aromatic carbocycles. The summed E-state index contributed by atoms with van der Waals surface area (Å²) in [6.45, 7) is 15.5. The van der Waals surface area contributed by atoms with Crippen molar-refractivity contribution < 1.29 is 34.1 Å². The number of rotatable bonds is 19. The molecule has 0 bridgehead atoms. The van der Waals surface area contributed by atoms with Crippen LogP contribution in [0.25, 0.3) is 0 Å². The van der Waals surface area contributed by atoms with E-state index in [9.17, 15) is 29.4 Å². The van der Waals surface area contributed by atoms with Crippen molar-refractivity contribution in [1.82, 2.24) is 25.8 Å². The summed E-state index contributed by atoms with van der Waals surface area (Å²) >= 11 is 0. The minimum absolute atomic E-state index is 0.0157. The van der Waals surface area contributed by atoms with E-state index in [-0.39, 0.29) is 47.8 Å². The van der Waals surface area contributed by atoms with Crippen molar-refractivity contribution in [3.63, 3.8) is 0 Å². The van der Waals surface area contributed by atoms with Gasteiger partial charge >= 0.3 is 0 Å². The standard InChI is InChI=1S/C38H65N5O7/c1-12-24(6)33(42(10)38(49)32(23(4)5)41-37(48)31(39-9)22(2)3)29(44)21-30(45)43-20-16-19-28(43)35(50-11)25(7)36(47)40-26(8)34(46)27-17-14-13-15-18-27/h13-15,17-18,22-26,28-29,31-35,39,44,46H,12,16,19-21H2,1-11H3,(H,40,47)(H,41,48)/t24-,25+,26+,28-,29?,31-,32-,33-,34+,35+/m0/s1. The van der Waals surface area contributed by atoms with Crippen LogP contribution in [0.2, 0.25) is 0 Å². The van der Waals surface area contributed by atoms with Gasteiger partial charge in [-0.1, -0.05) is 85.2 Å². The van der Waals surface area contributed by atoms with Crippen molar-refractivity contribution in [3.05, 3.63) is 35.9 Å². The lowest BCUT2D eigenvalue weighted by Gasteiger charge is -2.40. The van der Waals surface area contributed by atoms with Gasteiger partial charge in [-0.25, -0.2) is 0 Å². The summed E-state index contributed by atoms with van der Waals surface area (Å²) in [5.41, 5.74) is 0.698. The first-order chi connectivity index (χ1) is 23.5. The molecule has 1 unspecified atom stereocenters. The lowest BCUT2D eigenvalue weighted by molar-refractivity contribution is -0.146. The fourth-order valence-corrected chi connectivity index (χ4v) is 7.23. The van der Waals surface area contributed by atoms with Crippen molar-refractivity contribution in [2.24, 2.45) is 23.7 Å². The van der Waals surface area contributed by atoms with Gasteiger partial charge in [-0.3, -0.25) is 19.2 Å². The van der Waals surface area contributed by atoms with E-state index in [1.165, 1.54) is 12.0 Å². The zero-order valence-electron chi connectivity index (χ0n) is 32.2. The van der Waals surface area contributed by atoms with Crippen LogP contribution in [-0.4, -0.2) is 114 Å². The van der Waals surface area contributed by atoms with Crippen molar-refractivity contribution in [2.75, 3.05) is 27.7 Å². The molecule has 50 heavy (non-hydrogen) atoms. The predicted molar refractivity (Wildman–Crippen MR) is 195 cm³/mol. The van der Waals surface area contributed by atoms with Gasteiger partial charge in [-0.2, -0.15) is 0 Å². The number of amides is 4. The minimum atomic E-state index is -1.17. The van der Waals surface area contributed by atoms with Crippen molar-refractivity contribution in [2.45, 2.75) is 130 Å². The third-order valence-electron chi connectivity index (χ3n) is 10.5. The lowest BCUT2D eigenvalue weighted by atomic mass is 9.89. The highest BCUT2D eigenvalue weighted by Gasteiger charge is 2.42. The maximum Gasteiger partial charge on any atom is 0.245 e. The third kappa shape index (κ3) is 11.0. The van der Waals surface area contributed by atoms with Gasteiger partial charge in [0.05, 0.1) is 54.8 Å². The third-order valence-corrected chi connectivity index (χ3v) is 10.5. The summed E-state index contributed by atoms with van der Waals surface area (Å²) in [4.78, 5) is 57.5. The Bertz CT molecular complexity index is 1230. The molecule has 0 radical (unpaired) electrons. The summed E-state index contributed by atoms with van der Waals surface area (Å²) in [5, 5.41) is 31.3. The highest BCUT2D eigenvalue weighted by molar-refractivity contribution is 5.90. The predicted octanol–water partition coefficient (Wildman–Crippen LogP) is 2.88. The highest BCUT2D eigenvalue weighted by atomic mass is 16.5. The Morgan fingerprint density at radius 1 is 0.940 bits per heavy atom. The van der Waals surface area contributed by atoms with Crippen molar-refractivity contribution in [3.8, 4) is 0 Å². The molecule has 1 aliphatic rings. The van der Waals surface area contributed by atoms with Crippen LogP contribution in [-0.2, 0) is 23.9 Å². The number of carbonyl (C=O) groups excluding carboxylic acids is 4. The van der Waals surface area contributed by atoms with Crippen LogP contribution in [0.4, 0.5) is 0 Å². The number of ether oxygens (including phenoxy) is 1. The Hall–Kier alpha value is -3.06. The van der Waals surface area contributed by atoms with E-state index in [1.807, 2.05) is 59.7 Å². The van der Waals surface area contributed by atoms with Crippen molar-refractivity contribution in [1.29, 1.82) is 0 Å². The molecular weight excluding hydrogens is 638 g/mol. The Balaban J connectivity index is 2.19. The Labute approximate surface area is 300 Å². The Kier molecular flexibility index (Phi) is 17.3. The molecule has 1 heterocycles. The maximum atomic E-state index is 13.9. The first-order valence-corrected chi connectivity index (χ1v) is 18.3. The van der Waals surface area contributed by atoms with Crippen LogP contribution in [0, 0.1) is 23.7 Å². The van der Waals surface area contributed by atoms with E-state index in [0.717, 1.165) is 6.42 Å². The molecule has 1 aromatic rings. The summed E-state index contributed by atoms with van der Waals surface area (Å²) < 4.78 is 5.85. The van der Waals surface area contributed by atoms with E-state index in [1.54, 1.807) is 45.0 Å². The average molecular weight is 704 g/mol. The summed E-state index contributed by atoms with van der Waals surface area (Å²) in [6, 6.07) is 6.22. The Morgan fingerprint density at radius 3 is 2.06 bits per heavy atom. The van der Waals surface area contributed by atoms with Crippen molar-refractivity contribution >= 4 is 23.6 Å². The maximum absolute atomic E-state index is 13.9. The summed E-state index contributed by atoms with van der Waals surface area (Å²) in [6.07, 6.45) is -0.877. The minimum Gasteiger partial charge on any atom is -0.390 e. The molecule has 284 valence electrons. The molecule has 10 atom stereocenters. The zero-order valence-corrected chi connectivity index (χ0v) is 32.2. The van der Waals surface area contributed by atoms with Crippen LogP contribution >= 0.6 is 0 Å². The molecule has 0 spiro atoms. The van der Waals surface area contributed by atoms with Gasteiger partial charge < -0.3 is 40.7 Å². The molecule has 12 heteroatoms. The molecule has 1 aliphatic heterocycles. The van der Waals surface area contributed by atoms with E-state index in [4.69, 9.17) is 4.74 Å². The van der Waals surface area contributed by atoms with E-state index in [2.05, 4.69) is 16.0 Å². The molecule has 2 rings (SSSR count). The number of carbonyl (C=O) groups is 4. The van der Waals surface area contributed by atoms with E-state index >= 15 is 0 Å². The largest absolute Gasteiger partial charge is 0.390 e. The average Bonchev–Trinajstić information content (AvgIpc) is 3.56. The van der Waals surface area contributed by atoms with E-state index < -0.39 is 54.4 Å². The van der Waals surface area contributed by atoms with Gasteiger partial charge in [0.2, 0.25) is 23.6 Å². The number of likely N-dealkylation sites (tertiary alicyclic amines) is 1. The second-order valence-corrected chi connectivity index (χ2v) is 14.8. The second-order valence-electron chi connectivity index (χ2n) is 14.8. The molecule has 1 saturated heterocycles. The van der Waals surface area contributed by atoms with Crippen LogP contribution in [0.15, 0.2) is 30.3 Å². The van der Waals surface area contributed by atoms with Crippen LogP contribution in [0.1, 0.15) is 92.7 Å². The summed E-state index contributed by atoms with van der Waals surface area (Å²) in [5.74, 6) is -2.14. The Morgan fingerprint density at radius 2 is 1.54 bits per heavy atom. The van der Waals surface area contributed by atoms with E-state index in [0.29, 0.717) is 24.9 Å². The number of nitrogens with one attached hydrogen (secondary N) is 3. The monoisotopic (exact) mass is 703 g/mol. The topological polar surface area (TPSA) is 161 Å². The van der Waals surface area contributed by atoms with Crippen LogP contribution < -0.4 is 16.0 Å². The molecular formula is C38H65N5O7. The van der Waals surface area contributed by atoms with Gasteiger partial charge in [-0.15, -0.1) is 0 Å². The number of benzene rings is 1. The fourth-order valence-electron chi connectivity index (χ4n) is 7.23. The smallest absolute Gasteiger partial charge is 0.245 e. The number of aliphatic hydroxyl groups excluding tert-OH is 2. The molecule has 0 aromatic heterocycles. The number of methoxy groups -OCH3 is 1. The van der Waals surface area contributed by atoms with Crippen LogP contribution in [0.3, 0.4) is 0 Å². The highest BCUT2D eigenvalue weighted by Crippen LogP contribution is 2.29. The van der Waals surface area contributed by atoms with Crippen LogP contribution in [0.5, 0.6) is 0 Å². The molecule has 12 nitrogen and oxygen atoms in total. The zero-order chi connectivity index (χ0) is 37.9. The molecule has 0 aliphatic carbocycles. The van der Waals surface area contributed by atoms with Gasteiger partial charge in [-0.05, 0) is 50.1 Å². The normalized spacial score (nSPS) is 20.3. The molecule has 4 amide bonds. The first-order valence-electron chi connectivity index (χ1n) is 18.3. The van der Waals surface area contributed by atoms with Gasteiger partial charge in [0, 0.05) is 20.7 Å². The molecule has 1 fully saturated rings. The SMILES string of the molecule is CC[C@H](C)[C@@H](C(O)CC(=O)N1CCC[C@H]1[C@H](OC)[C@@H](C)C(=O)N[C@H](C)[C@@H](O)c1ccccc1)N(C)C(=O)[C@@H](NC(=O)[C@@H](NC)C(C)C)C(C)C. The molecule has 0 saturated carbocycles. The first kappa shape index (κ1) is 43.1. The lowest BCUT2D eigenvalue weighted by Crippen LogP contribution is -2.59. The summed E-state index contributed by atoms with van der Waals surface area (Å²) in [7, 11) is 4.86. The number of aliphatic hydroxyl groups is 2. The van der Waals surface area contributed by atoms with Gasteiger partial charge in [0.25, 0.3) is 0 Å². The second kappa shape index (κ2) is 20.1. The number of nitrogens with zero attached hydrogens (tertiary/aromatic N) is 2. The van der Waals surface area contributed by atoms with Gasteiger partial charge in [0.15, 0.2) is 0 Å².